The summed E-state index contributed by atoms with van der Waals surface area (Å²) in [6.45, 7) is 0. The second-order valence-corrected chi connectivity index (χ2v) is 0. The quantitative estimate of drug-likeness (QED) is 0.236. The van der Waals surface area contributed by atoms with E-state index in [9.17, 15) is 0 Å². The minimum absolute atomic E-state index is 0. The minimum atomic E-state index is 0. The Morgan fingerprint density at radius 1 is 1.25 bits per heavy atom. The van der Waals surface area contributed by atoms with Gasteiger partial charge < -0.3 is 4.28 Å². The van der Waals surface area contributed by atoms with Crippen molar-refractivity contribution in [2.75, 3.05) is 0 Å². The molecule has 1 unspecified atom stereocenters. The molecule has 0 N–H and O–H groups in total. The van der Waals surface area contributed by atoms with E-state index in [2.05, 4.69) is 0 Å². The zero-order valence-electron chi connectivity index (χ0n) is 5.86. The van der Waals surface area contributed by atoms with Gasteiger partial charge in [0.2, 0.25) is 0 Å². The molecule has 0 aliphatic heterocycles. The molecule has 0 rings (SSSR count). The van der Waals surface area contributed by atoms with Crippen LogP contribution in [-0.2, 0) is 18.6 Å². The summed E-state index contributed by atoms with van der Waals surface area (Å²) < 4.78 is 0. The van der Waals surface area contributed by atoms with Crippen LogP contribution in [0, 0.1) is 0 Å². The molecule has 0 amide bonds. The first-order chi connectivity index (χ1) is 0. The molecule has 1 atom stereocenters. The summed E-state index contributed by atoms with van der Waals surface area (Å²) in [5.74, 6) is 0. The summed E-state index contributed by atoms with van der Waals surface area (Å²) in [4.78, 5) is 0. The first-order valence-corrected chi connectivity index (χ1v) is 0. The Hall–Kier alpha value is 2.38. The van der Waals surface area contributed by atoms with Gasteiger partial charge in [-0.15, -0.1) is 0 Å². The van der Waals surface area contributed by atoms with Crippen molar-refractivity contribution in [3.05, 3.63) is 0 Å². The van der Waals surface area contributed by atoms with Gasteiger partial charge in [0.15, 0.2) is 0 Å². The van der Waals surface area contributed by atoms with E-state index in [4.69, 9.17) is 0 Å². The van der Waals surface area contributed by atoms with E-state index in [0.29, 0.717) is 0 Å². The van der Waals surface area contributed by atoms with E-state index in [0.717, 1.165) is 0 Å². The van der Waals surface area contributed by atoms with E-state index >= 15 is 0 Å². The van der Waals surface area contributed by atoms with Gasteiger partial charge in [0.05, 0.1) is 0 Å². The average molecular weight is 119 g/mol. The predicted octanol–water partition coefficient (Wildman–Crippen LogP) is -2.98. The molecule has 0 saturated heterocycles. The van der Waals surface area contributed by atoms with Crippen LogP contribution in [0.5, 0.6) is 0 Å². The van der Waals surface area contributed by atoms with Crippen LogP contribution < -0.4 is 18.9 Å². The van der Waals surface area contributed by atoms with Gasteiger partial charge in [-0.25, -0.2) is 0 Å². The summed E-state index contributed by atoms with van der Waals surface area (Å²) in [5.41, 5.74) is 0. The minimum Gasteiger partial charge on any atom is -1.00 e. The maximum Gasteiger partial charge on any atom is 2.00 e. The van der Waals surface area contributed by atoms with Gasteiger partial charge in [0.1, 0.15) is 0 Å². The number of rotatable bonds is 0. The van der Waals surface area contributed by atoms with Crippen LogP contribution in [0.2, 0.25) is 0 Å². The van der Waals surface area contributed by atoms with Crippen molar-refractivity contribution in [2.45, 2.75) is 0 Å². The SMILES string of the molecule is P.[H-].[H-].[H-].[Li+].[Mg+2].[V]. The summed E-state index contributed by atoms with van der Waals surface area (Å²) in [6.07, 6.45) is 0. The van der Waals surface area contributed by atoms with Crippen molar-refractivity contribution in [1.29, 1.82) is 0 Å². The van der Waals surface area contributed by atoms with Gasteiger partial charge >= 0.3 is 41.9 Å². The van der Waals surface area contributed by atoms with Gasteiger partial charge in [0.25, 0.3) is 0 Å². The molecule has 0 aliphatic carbocycles. The maximum absolute atomic E-state index is 0. The van der Waals surface area contributed by atoms with Crippen LogP contribution in [0.4, 0.5) is 0 Å². The van der Waals surface area contributed by atoms with Crippen LogP contribution >= 0.6 is 9.90 Å². The third-order valence-electron chi connectivity index (χ3n) is 0. The van der Waals surface area contributed by atoms with Crippen molar-refractivity contribution < 1.29 is 41.7 Å². The Morgan fingerprint density at radius 3 is 1.25 bits per heavy atom. The zero-order chi connectivity index (χ0) is 0. The molecular formula is H6LiMgPV. The van der Waals surface area contributed by atoms with Gasteiger partial charge in [0, 0.05) is 18.6 Å². The van der Waals surface area contributed by atoms with Gasteiger partial charge in [-0.05, 0) is 0 Å². The summed E-state index contributed by atoms with van der Waals surface area (Å²) in [5, 5.41) is 0. The molecule has 0 bridgehead atoms. The van der Waals surface area contributed by atoms with Crippen molar-refractivity contribution in [1.82, 2.24) is 0 Å². The molecule has 4 heteroatoms. The molecule has 0 heterocycles. The van der Waals surface area contributed by atoms with Crippen molar-refractivity contribution in [2.24, 2.45) is 0 Å². The number of hydrogen-bond acceptors (Lipinski definition) is 0. The summed E-state index contributed by atoms with van der Waals surface area (Å²) >= 11 is 0. The molecule has 19 valence electrons. The first kappa shape index (κ1) is 32.6. The Bertz CT molecular complexity index is 14.9. The monoisotopic (exact) mass is 119 g/mol. The van der Waals surface area contributed by atoms with Crippen LogP contribution in [0.15, 0.2) is 0 Å². The molecule has 1 radical (unpaired) electrons. The second kappa shape index (κ2) is 18.2. The van der Waals surface area contributed by atoms with Gasteiger partial charge in [-0.3, -0.25) is 0 Å². The molecule has 0 nitrogen and oxygen atoms in total. The standard InChI is InChI=1S/Li.Mg.H3P.V.3H/h;;1H3;;;;/q+1;+2;;;3*-1. The summed E-state index contributed by atoms with van der Waals surface area (Å²) in [7, 11) is 0. The third-order valence-corrected chi connectivity index (χ3v) is 0. The van der Waals surface area contributed by atoms with Gasteiger partial charge in [-0.1, -0.05) is 0 Å². The molecule has 4 heavy (non-hydrogen) atoms. The van der Waals surface area contributed by atoms with Crippen LogP contribution in [0.3, 0.4) is 0 Å². The maximum atomic E-state index is 0. The third kappa shape index (κ3) is 8.83. The normalized spacial score (nSPS) is 0. The van der Waals surface area contributed by atoms with E-state index in [-0.39, 0.29) is 74.6 Å². The first-order valence-electron chi connectivity index (χ1n) is 0. The van der Waals surface area contributed by atoms with E-state index < -0.39 is 0 Å². The second-order valence-electron chi connectivity index (χ2n) is 0. The van der Waals surface area contributed by atoms with Gasteiger partial charge in [-0.2, -0.15) is 9.90 Å². The van der Waals surface area contributed by atoms with E-state index in [1.54, 1.807) is 0 Å². The predicted molar refractivity (Wildman–Crippen MR) is 20.2 cm³/mol. The molecule has 0 aromatic heterocycles. The van der Waals surface area contributed by atoms with Crippen molar-refractivity contribution >= 4 is 33.0 Å². The fraction of sp³-hybridized carbons (Fsp3) is 0. The van der Waals surface area contributed by atoms with Crippen molar-refractivity contribution in [3.63, 3.8) is 0 Å². The molecule has 0 spiro atoms. The fourth-order valence-corrected chi connectivity index (χ4v) is 0. The Balaban J connectivity index is 0. The van der Waals surface area contributed by atoms with Crippen LogP contribution in [-0.4, -0.2) is 23.1 Å². The molecule has 0 aromatic rings. The average Bonchev–Trinajstić information content (AvgIpc) is 0. The van der Waals surface area contributed by atoms with Crippen LogP contribution in [0.1, 0.15) is 4.28 Å². The van der Waals surface area contributed by atoms with E-state index in [1.165, 1.54) is 0 Å². The smallest absolute Gasteiger partial charge is 1.00 e. The Labute approximate surface area is 74.1 Å². The molecular weight excluding hydrogens is 113 g/mol. The molecule has 0 aromatic carbocycles. The molecule has 0 aliphatic rings. The Kier molecular flexibility index (Phi) is 149. The molecule has 0 fully saturated rings. The van der Waals surface area contributed by atoms with Crippen molar-refractivity contribution in [3.8, 4) is 0 Å². The van der Waals surface area contributed by atoms with Crippen LogP contribution in [0.25, 0.3) is 0 Å². The Morgan fingerprint density at radius 2 is 1.25 bits per heavy atom. The fourth-order valence-electron chi connectivity index (χ4n) is 0. The topological polar surface area (TPSA) is 0 Å². The molecule has 0 saturated carbocycles. The largest absolute Gasteiger partial charge is 2.00 e. The van der Waals surface area contributed by atoms with E-state index in [1.807, 2.05) is 0 Å². The summed E-state index contributed by atoms with van der Waals surface area (Å²) in [6, 6.07) is 0. The number of hydrogen-bond donors (Lipinski definition) is 0. The zero-order valence-corrected chi connectivity index (χ0v) is 7.09.